The standard InChI is InChI=1S/C10H9F2NO3/c1-5-9(16-10(14)13-5)15-8-3-6(11)2-7(12)4-8/h2-5,9H,1H3,(H,13,14)/t5-,9+/m1/s1. The predicted octanol–water partition coefficient (Wildman–Crippen LogP) is 1.80. The van der Waals surface area contributed by atoms with Crippen LogP contribution in [0.2, 0.25) is 0 Å². The topological polar surface area (TPSA) is 47.6 Å². The van der Waals surface area contributed by atoms with E-state index >= 15 is 0 Å². The van der Waals surface area contributed by atoms with Crippen LogP contribution in [-0.2, 0) is 4.74 Å². The molecule has 4 nitrogen and oxygen atoms in total. The van der Waals surface area contributed by atoms with Crippen molar-refractivity contribution < 1.29 is 23.0 Å². The molecule has 2 rings (SSSR count). The Balaban J connectivity index is 2.11. The summed E-state index contributed by atoms with van der Waals surface area (Å²) in [6.07, 6.45) is -1.50. The zero-order valence-corrected chi connectivity index (χ0v) is 8.37. The van der Waals surface area contributed by atoms with Crippen LogP contribution in [0.1, 0.15) is 6.92 Å². The summed E-state index contributed by atoms with van der Waals surface area (Å²) in [7, 11) is 0. The third-order valence-corrected chi connectivity index (χ3v) is 2.07. The van der Waals surface area contributed by atoms with E-state index < -0.39 is 24.0 Å². The normalized spacial score (nSPS) is 23.8. The molecule has 0 aliphatic carbocycles. The molecule has 86 valence electrons. The van der Waals surface area contributed by atoms with Gasteiger partial charge in [-0.2, -0.15) is 0 Å². The summed E-state index contributed by atoms with van der Waals surface area (Å²) in [5.41, 5.74) is 0. The van der Waals surface area contributed by atoms with Crippen LogP contribution >= 0.6 is 0 Å². The van der Waals surface area contributed by atoms with Gasteiger partial charge in [0.25, 0.3) is 6.29 Å². The van der Waals surface area contributed by atoms with Gasteiger partial charge in [0, 0.05) is 18.2 Å². The molecule has 1 fully saturated rings. The highest BCUT2D eigenvalue weighted by molar-refractivity contribution is 5.69. The molecule has 1 amide bonds. The summed E-state index contributed by atoms with van der Waals surface area (Å²) in [6.45, 7) is 1.66. The molecule has 0 aromatic heterocycles. The molecule has 1 aliphatic heterocycles. The van der Waals surface area contributed by atoms with Crippen molar-refractivity contribution in [1.82, 2.24) is 5.32 Å². The Labute approximate surface area is 90.2 Å². The number of nitrogens with one attached hydrogen (secondary N) is 1. The van der Waals surface area contributed by atoms with Crippen LogP contribution in [0.25, 0.3) is 0 Å². The monoisotopic (exact) mass is 229 g/mol. The van der Waals surface area contributed by atoms with E-state index in [1.807, 2.05) is 0 Å². The summed E-state index contributed by atoms with van der Waals surface area (Å²) < 4.78 is 35.5. The van der Waals surface area contributed by atoms with Gasteiger partial charge in [-0.1, -0.05) is 0 Å². The van der Waals surface area contributed by atoms with Crippen LogP contribution in [0.3, 0.4) is 0 Å². The highest BCUT2D eigenvalue weighted by Gasteiger charge is 2.32. The van der Waals surface area contributed by atoms with Crippen molar-refractivity contribution in [3.8, 4) is 5.75 Å². The minimum Gasteiger partial charge on any atom is -0.452 e. The number of ether oxygens (including phenoxy) is 2. The van der Waals surface area contributed by atoms with Gasteiger partial charge in [0.2, 0.25) is 0 Å². The summed E-state index contributed by atoms with van der Waals surface area (Å²) in [4.78, 5) is 10.8. The van der Waals surface area contributed by atoms with Crippen LogP contribution in [0.4, 0.5) is 13.6 Å². The van der Waals surface area contributed by atoms with Crippen molar-refractivity contribution in [3.63, 3.8) is 0 Å². The molecule has 0 unspecified atom stereocenters. The highest BCUT2D eigenvalue weighted by atomic mass is 19.1. The quantitative estimate of drug-likeness (QED) is 0.841. The van der Waals surface area contributed by atoms with E-state index in [-0.39, 0.29) is 11.8 Å². The Morgan fingerprint density at radius 3 is 2.44 bits per heavy atom. The maximum atomic E-state index is 12.8. The van der Waals surface area contributed by atoms with Gasteiger partial charge in [-0.3, -0.25) is 0 Å². The molecule has 0 bridgehead atoms. The number of benzene rings is 1. The van der Waals surface area contributed by atoms with Gasteiger partial charge >= 0.3 is 6.09 Å². The Bertz CT molecular complexity index is 404. The van der Waals surface area contributed by atoms with Gasteiger partial charge in [-0.15, -0.1) is 0 Å². The lowest BCUT2D eigenvalue weighted by Crippen LogP contribution is -2.31. The first kappa shape index (κ1) is 10.7. The number of amides is 1. The van der Waals surface area contributed by atoms with E-state index in [1.165, 1.54) is 0 Å². The zero-order valence-electron chi connectivity index (χ0n) is 8.37. The molecular formula is C10H9F2NO3. The molecule has 1 aromatic rings. The third kappa shape index (κ3) is 2.21. The summed E-state index contributed by atoms with van der Waals surface area (Å²) in [6, 6.07) is 2.39. The predicted molar refractivity (Wildman–Crippen MR) is 49.9 cm³/mol. The van der Waals surface area contributed by atoms with E-state index in [9.17, 15) is 13.6 Å². The number of carbonyl (C=O) groups is 1. The molecule has 1 aliphatic rings. The number of rotatable bonds is 2. The first-order valence-corrected chi connectivity index (χ1v) is 4.64. The Morgan fingerprint density at radius 2 is 1.94 bits per heavy atom. The van der Waals surface area contributed by atoms with E-state index in [4.69, 9.17) is 9.47 Å². The molecule has 2 atom stereocenters. The number of halogens is 2. The second-order valence-corrected chi connectivity index (χ2v) is 3.43. The number of alkyl carbamates (subject to hydrolysis) is 1. The maximum Gasteiger partial charge on any atom is 0.410 e. The van der Waals surface area contributed by atoms with Crippen molar-refractivity contribution in [3.05, 3.63) is 29.8 Å². The Hall–Kier alpha value is -1.85. The second kappa shape index (κ2) is 3.96. The van der Waals surface area contributed by atoms with Crippen molar-refractivity contribution >= 4 is 6.09 Å². The molecule has 0 spiro atoms. The van der Waals surface area contributed by atoms with E-state index in [0.29, 0.717) is 0 Å². The van der Waals surface area contributed by atoms with Crippen LogP contribution in [0.15, 0.2) is 18.2 Å². The van der Waals surface area contributed by atoms with Crippen molar-refractivity contribution in [2.45, 2.75) is 19.3 Å². The van der Waals surface area contributed by atoms with Gasteiger partial charge in [0.05, 0.1) is 0 Å². The first-order chi connectivity index (χ1) is 7.54. The lowest BCUT2D eigenvalue weighted by molar-refractivity contribution is -0.0112. The fourth-order valence-electron chi connectivity index (χ4n) is 1.35. The SMILES string of the molecule is C[C@H]1NC(=O)O[C@@H]1Oc1cc(F)cc(F)c1. The maximum absolute atomic E-state index is 12.8. The lowest BCUT2D eigenvalue weighted by atomic mass is 10.3. The van der Waals surface area contributed by atoms with E-state index in [2.05, 4.69) is 5.32 Å². The van der Waals surface area contributed by atoms with Gasteiger partial charge in [-0.25, -0.2) is 13.6 Å². The van der Waals surface area contributed by atoms with Crippen molar-refractivity contribution in [1.29, 1.82) is 0 Å². The summed E-state index contributed by atoms with van der Waals surface area (Å²) in [5.74, 6) is -1.52. The molecular weight excluding hydrogens is 220 g/mol. The van der Waals surface area contributed by atoms with Gasteiger partial charge in [0.15, 0.2) is 0 Å². The molecule has 1 heterocycles. The van der Waals surface area contributed by atoms with Gasteiger partial charge < -0.3 is 14.8 Å². The largest absolute Gasteiger partial charge is 0.452 e. The number of hydrogen-bond acceptors (Lipinski definition) is 3. The number of carbonyl (C=O) groups excluding carboxylic acids is 1. The van der Waals surface area contributed by atoms with Crippen LogP contribution in [0.5, 0.6) is 5.75 Å². The minimum absolute atomic E-state index is 0.0224. The van der Waals surface area contributed by atoms with Crippen molar-refractivity contribution in [2.24, 2.45) is 0 Å². The average molecular weight is 229 g/mol. The fraction of sp³-hybridized carbons (Fsp3) is 0.300. The lowest BCUT2D eigenvalue weighted by Gasteiger charge is -2.14. The van der Waals surface area contributed by atoms with Crippen LogP contribution in [0, 0.1) is 11.6 Å². The molecule has 1 aromatic carbocycles. The molecule has 0 radical (unpaired) electrons. The summed E-state index contributed by atoms with van der Waals surface area (Å²) >= 11 is 0. The second-order valence-electron chi connectivity index (χ2n) is 3.43. The molecule has 6 heteroatoms. The minimum atomic E-state index is -0.881. The first-order valence-electron chi connectivity index (χ1n) is 4.64. The van der Waals surface area contributed by atoms with Crippen LogP contribution in [-0.4, -0.2) is 18.4 Å². The Morgan fingerprint density at radius 1 is 1.31 bits per heavy atom. The molecule has 0 saturated carbocycles. The highest BCUT2D eigenvalue weighted by Crippen LogP contribution is 2.19. The molecule has 1 N–H and O–H groups in total. The average Bonchev–Trinajstić information content (AvgIpc) is 2.43. The summed E-state index contributed by atoms with van der Waals surface area (Å²) in [5, 5.41) is 2.44. The number of hydrogen-bond donors (Lipinski definition) is 1. The van der Waals surface area contributed by atoms with Gasteiger partial charge in [-0.05, 0) is 6.92 Å². The van der Waals surface area contributed by atoms with Gasteiger partial charge in [0.1, 0.15) is 23.4 Å². The third-order valence-electron chi connectivity index (χ3n) is 2.07. The van der Waals surface area contributed by atoms with Crippen LogP contribution < -0.4 is 10.1 Å². The van der Waals surface area contributed by atoms with E-state index in [1.54, 1.807) is 6.92 Å². The fourth-order valence-corrected chi connectivity index (χ4v) is 1.35. The Kier molecular flexibility index (Phi) is 2.64. The zero-order chi connectivity index (χ0) is 11.7. The molecule has 1 saturated heterocycles. The smallest absolute Gasteiger partial charge is 0.410 e. The molecule has 16 heavy (non-hydrogen) atoms. The number of cyclic esters (lactones) is 1. The van der Waals surface area contributed by atoms with E-state index in [0.717, 1.165) is 18.2 Å². The van der Waals surface area contributed by atoms with Crippen molar-refractivity contribution in [2.75, 3.05) is 0 Å².